The van der Waals surface area contributed by atoms with E-state index in [2.05, 4.69) is 4.74 Å². The second kappa shape index (κ2) is 5.64. The Morgan fingerprint density at radius 1 is 1.40 bits per heavy atom. The number of hydrogen-bond acceptors (Lipinski definition) is 3. The summed E-state index contributed by atoms with van der Waals surface area (Å²) in [7, 11) is 1.37. The van der Waals surface area contributed by atoms with Crippen LogP contribution >= 0.6 is 35.0 Å². The van der Waals surface area contributed by atoms with Gasteiger partial charge in [0, 0.05) is 4.90 Å². The molecule has 0 aliphatic rings. The van der Waals surface area contributed by atoms with Gasteiger partial charge in [0.05, 0.1) is 17.2 Å². The molecule has 0 spiro atoms. The average molecular weight is 265 g/mol. The van der Waals surface area contributed by atoms with E-state index in [1.165, 1.54) is 18.9 Å². The van der Waals surface area contributed by atoms with Gasteiger partial charge in [-0.05, 0) is 25.1 Å². The summed E-state index contributed by atoms with van der Waals surface area (Å²) in [5.74, 6) is -0.258. The molecule has 0 aliphatic carbocycles. The monoisotopic (exact) mass is 264 g/mol. The molecular weight excluding hydrogens is 255 g/mol. The summed E-state index contributed by atoms with van der Waals surface area (Å²) in [6.45, 7) is 1.78. The lowest BCUT2D eigenvalue weighted by Gasteiger charge is -2.09. The van der Waals surface area contributed by atoms with Crippen LogP contribution in [0.4, 0.5) is 0 Å². The first-order chi connectivity index (χ1) is 7.04. The van der Waals surface area contributed by atoms with Gasteiger partial charge in [0.1, 0.15) is 5.25 Å². The number of halogens is 2. The van der Waals surface area contributed by atoms with Crippen molar-refractivity contribution in [3.05, 3.63) is 28.2 Å². The minimum atomic E-state index is -0.258. The quantitative estimate of drug-likeness (QED) is 0.616. The van der Waals surface area contributed by atoms with Crippen molar-refractivity contribution in [1.82, 2.24) is 0 Å². The van der Waals surface area contributed by atoms with E-state index in [1.54, 1.807) is 19.1 Å². The van der Waals surface area contributed by atoms with Crippen LogP contribution in [0.5, 0.6) is 0 Å². The van der Waals surface area contributed by atoms with Gasteiger partial charge in [-0.15, -0.1) is 11.8 Å². The fourth-order valence-electron chi connectivity index (χ4n) is 0.968. The molecule has 0 amide bonds. The van der Waals surface area contributed by atoms with Crippen LogP contribution in [0.25, 0.3) is 0 Å². The Kier molecular flexibility index (Phi) is 4.77. The second-order valence-electron chi connectivity index (χ2n) is 2.86. The summed E-state index contributed by atoms with van der Waals surface area (Å²) in [6.07, 6.45) is 0. The Labute approximate surface area is 103 Å². The predicted molar refractivity (Wildman–Crippen MR) is 63.8 cm³/mol. The van der Waals surface area contributed by atoms with Gasteiger partial charge in [0.15, 0.2) is 0 Å². The minimum absolute atomic E-state index is 0.257. The van der Waals surface area contributed by atoms with Crippen LogP contribution in [0.2, 0.25) is 10.0 Å². The number of benzene rings is 1. The van der Waals surface area contributed by atoms with Gasteiger partial charge < -0.3 is 4.74 Å². The molecule has 0 aliphatic heterocycles. The Morgan fingerprint density at radius 3 is 2.60 bits per heavy atom. The fraction of sp³-hybridized carbons (Fsp3) is 0.300. The Hall–Kier alpha value is -0.380. The van der Waals surface area contributed by atoms with Gasteiger partial charge in [-0.2, -0.15) is 0 Å². The fourth-order valence-corrected chi connectivity index (χ4v) is 2.26. The molecule has 0 saturated heterocycles. The molecule has 0 N–H and O–H groups in total. The molecule has 0 aromatic heterocycles. The van der Waals surface area contributed by atoms with Gasteiger partial charge >= 0.3 is 5.97 Å². The van der Waals surface area contributed by atoms with Gasteiger partial charge in [0.25, 0.3) is 0 Å². The van der Waals surface area contributed by atoms with E-state index < -0.39 is 0 Å². The first kappa shape index (κ1) is 12.7. The summed E-state index contributed by atoms with van der Waals surface area (Å²) < 4.78 is 4.62. The maximum Gasteiger partial charge on any atom is 0.318 e. The SMILES string of the molecule is COC(=O)C(C)Sc1ccc(Cl)c(Cl)c1. The number of hydrogen-bond donors (Lipinski definition) is 0. The Morgan fingerprint density at radius 2 is 2.07 bits per heavy atom. The molecular formula is C10H10Cl2O2S. The van der Waals surface area contributed by atoms with Crippen LogP contribution in [0.15, 0.2) is 23.1 Å². The van der Waals surface area contributed by atoms with Crippen molar-refractivity contribution < 1.29 is 9.53 Å². The lowest BCUT2D eigenvalue weighted by Crippen LogP contribution is -2.14. The van der Waals surface area contributed by atoms with Crippen molar-refractivity contribution in [1.29, 1.82) is 0 Å². The highest BCUT2D eigenvalue weighted by atomic mass is 35.5. The average Bonchev–Trinajstić information content (AvgIpc) is 2.22. The highest BCUT2D eigenvalue weighted by Gasteiger charge is 2.14. The molecule has 1 aromatic carbocycles. The van der Waals surface area contributed by atoms with Crippen molar-refractivity contribution in [2.75, 3.05) is 7.11 Å². The van der Waals surface area contributed by atoms with Crippen molar-refractivity contribution >= 4 is 40.9 Å². The minimum Gasteiger partial charge on any atom is -0.468 e. The molecule has 1 atom stereocenters. The van der Waals surface area contributed by atoms with Gasteiger partial charge in [-0.3, -0.25) is 4.79 Å². The molecule has 82 valence electrons. The van der Waals surface area contributed by atoms with E-state index in [4.69, 9.17) is 23.2 Å². The van der Waals surface area contributed by atoms with Crippen LogP contribution in [0.1, 0.15) is 6.92 Å². The number of esters is 1. The highest BCUT2D eigenvalue weighted by Crippen LogP contribution is 2.30. The van der Waals surface area contributed by atoms with Crippen molar-refractivity contribution in [3.8, 4) is 0 Å². The molecule has 5 heteroatoms. The van der Waals surface area contributed by atoms with Gasteiger partial charge in [0.2, 0.25) is 0 Å². The zero-order valence-corrected chi connectivity index (χ0v) is 10.6. The van der Waals surface area contributed by atoms with Crippen molar-refractivity contribution in [3.63, 3.8) is 0 Å². The summed E-state index contributed by atoms with van der Waals surface area (Å²) in [4.78, 5) is 12.1. The molecule has 0 bridgehead atoms. The van der Waals surface area contributed by atoms with E-state index in [0.29, 0.717) is 10.0 Å². The van der Waals surface area contributed by atoms with Crippen LogP contribution < -0.4 is 0 Å². The van der Waals surface area contributed by atoms with Crippen LogP contribution in [-0.2, 0) is 9.53 Å². The summed E-state index contributed by atoms with van der Waals surface area (Å²) >= 11 is 13.0. The molecule has 0 saturated carbocycles. The summed E-state index contributed by atoms with van der Waals surface area (Å²) in [5.41, 5.74) is 0. The number of rotatable bonds is 3. The number of carbonyl (C=O) groups is 1. The summed E-state index contributed by atoms with van der Waals surface area (Å²) in [5, 5.41) is 0.734. The Bertz CT molecular complexity index is 368. The molecule has 0 fully saturated rings. The molecule has 1 aromatic rings. The third-order valence-electron chi connectivity index (χ3n) is 1.74. The lowest BCUT2D eigenvalue weighted by atomic mass is 10.4. The third-order valence-corrected chi connectivity index (χ3v) is 3.55. The molecule has 1 rings (SSSR count). The molecule has 0 radical (unpaired) electrons. The maximum absolute atomic E-state index is 11.2. The predicted octanol–water partition coefficient (Wildman–Crippen LogP) is 3.65. The van der Waals surface area contributed by atoms with Crippen LogP contribution in [0.3, 0.4) is 0 Å². The Balaban J connectivity index is 2.73. The molecule has 15 heavy (non-hydrogen) atoms. The normalized spacial score (nSPS) is 12.3. The standard InChI is InChI=1S/C10H10Cl2O2S/c1-6(10(13)14-2)15-7-3-4-8(11)9(12)5-7/h3-6H,1-2H3. The first-order valence-electron chi connectivity index (χ1n) is 4.24. The van der Waals surface area contributed by atoms with Crippen LogP contribution in [0, 0.1) is 0 Å². The van der Waals surface area contributed by atoms with Crippen LogP contribution in [-0.4, -0.2) is 18.3 Å². The smallest absolute Gasteiger partial charge is 0.318 e. The number of thioether (sulfide) groups is 1. The van der Waals surface area contributed by atoms with Gasteiger partial charge in [-0.25, -0.2) is 0 Å². The number of ether oxygens (including phenoxy) is 1. The first-order valence-corrected chi connectivity index (χ1v) is 5.87. The maximum atomic E-state index is 11.2. The van der Waals surface area contributed by atoms with E-state index in [1.807, 2.05) is 6.07 Å². The third kappa shape index (κ3) is 3.59. The lowest BCUT2D eigenvalue weighted by molar-refractivity contribution is -0.139. The molecule has 1 unspecified atom stereocenters. The number of methoxy groups -OCH3 is 1. The van der Waals surface area contributed by atoms with Crippen molar-refractivity contribution in [2.45, 2.75) is 17.1 Å². The largest absolute Gasteiger partial charge is 0.468 e. The highest BCUT2D eigenvalue weighted by molar-refractivity contribution is 8.00. The summed E-state index contributed by atoms with van der Waals surface area (Å²) in [6, 6.07) is 5.25. The van der Waals surface area contributed by atoms with E-state index >= 15 is 0 Å². The second-order valence-corrected chi connectivity index (χ2v) is 5.09. The molecule has 2 nitrogen and oxygen atoms in total. The van der Waals surface area contributed by atoms with Gasteiger partial charge in [-0.1, -0.05) is 23.2 Å². The van der Waals surface area contributed by atoms with E-state index in [9.17, 15) is 4.79 Å². The zero-order chi connectivity index (χ0) is 11.4. The van der Waals surface area contributed by atoms with E-state index in [0.717, 1.165) is 4.90 Å². The van der Waals surface area contributed by atoms with Crippen molar-refractivity contribution in [2.24, 2.45) is 0 Å². The topological polar surface area (TPSA) is 26.3 Å². The van der Waals surface area contributed by atoms with E-state index in [-0.39, 0.29) is 11.2 Å². The number of carbonyl (C=O) groups excluding carboxylic acids is 1. The molecule has 0 heterocycles. The zero-order valence-electron chi connectivity index (χ0n) is 8.29.